The van der Waals surface area contributed by atoms with Crippen molar-refractivity contribution in [3.8, 4) is 0 Å². The fraction of sp³-hybridized carbons (Fsp3) is 0.429. The number of fused-ring (bicyclic) bond motifs is 1. The van der Waals surface area contributed by atoms with Gasteiger partial charge in [0.1, 0.15) is 0 Å². The number of nitrogens with one attached hydrogen (secondary N) is 3. The Hall–Kier alpha value is -2.13. The molecule has 1 aliphatic rings. The first-order valence-electron chi connectivity index (χ1n) is 7.30. The van der Waals surface area contributed by atoms with E-state index in [1.807, 2.05) is 13.8 Å². The Morgan fingerprint density at radius 2 is 1.91 bits per heavy atom. The predicted octanol–water partition coefficient (Wildman–Crippen LogP) is 0.144. The number of aromatic nitrogens is 2. The van der Waals surface area contributed by atoms with E-state index >= 15 is 0 Å². The average Bonchev–Trinajstić information content (AvgIpc) is 2.98. The first kappa shape index (κ1) is 15.8. The van der Waals surface area contributed by atoms with Crippen LogP contribution in [0.15, 0.2) is 27.9 Å². The number of hydrogen-bond acceptors (Lipinski definition) is 4. The van der Waals surface area contributed by atoms with Gasteiger partial charge in [0.25, 0.3) is 0 Å². The molecule has 1 saturated heterocycles. The quantitative estimate of drug-likeness (QED) is 0.735. The van der Waals surface area contributed by atoms with Gasteiger partial charge in [-0.15, -0.1) is 0 Å². The van der Waals surface area contributed by atoms with Gasteiger partial charge in [0.05, 0.1) is 15.9 Å². The summed E-state index contributed by atoms with van der Waals surface area (Å²) in [5, 5.41) is 0. The molecule has 2 aromatic rings. The van der Waals surface area contributed by atoms with Gasteiger partial charge in [-0.1, -0.05) is 0 Å². The molecule has 0 radical (unpaired) electrons. The highest BCUT2D eigenvalue weighted by Gasteiger charge is 2.33. The summed E-state index contributed by atoms with van der Waals surface area (Å²) in [6.45, 7) is 4.15. The minimum Gasteiger partial charge on any atom is -0.339 e. The largest absolute Gasteiger partial charge is 0.339 e. The molecular formula is C14H18N4O4S. The second kappa shape index (κ2) is 5.50. The highest BCUT2D eigenvalue weighted by molar-refractivity contribution is 7.89. The van der Waals surface area contributed by atoms with Crippen LogP contribution in [-0.4, -0.2) is 47.8 Å². The topological polar surface area (TPSA) is 115 Å². The Balaban J connectivity index is 1.83. The molecule has 1 aliphatic heterocycles. The van der Waals surface area contributed by atoms with Crippen LogP contribution >= 0.6 is 0 Å². The summed E-state index contributed by atoms with van der Waals surface area (Å²) in [4.78, 5) is 29.9. The van der Waals surface area contributed by atoms with Crippen molar-refractivity contribution < 1.29 is 13.2 Å². The highest BCUT2D eigenvalue weighted by atomic mass is 32.2. The van der Waals surface area contributed by atoms with Crippen LogP contribution in [0.5, 0.6) is 0 Å². The fourth-order valence-corrected chi connectivity index (χ4v) is 4.03. The molecule has 9 heteroatoms. The van der Waals surface area contributed by atoms with Gasteiger partial charge in [-0.2, -0.15) is 0 Å². The number of aromatic amines is 2. The number of carbonyl (C=O) groups is 1. The molecule has 0 saturated carbocycles. The van der Waals surface area contributed by atoms with Crippen molar-refractivity contribution in [3.05, 3.63) is 28.7 Å². The molecule has 23 heavy (non-hydrogen) atoms. The summed E-state index contributed by atoms with van der Waals surface area (Å²) in [6, 6.07) is 3.94. The van der Waals surface area contributed by atoms with Gasteiger partial charge >= 0.3 is 5.69 Å². The van der Waals surface area contributed by atoms with Crippen molar-refractivity contribution in [2.24, 2.45) is 0 Å². The maximum absolute atomic E-state index is 12.5. The smallest absolute Gasteiger partial charge is 0.323 e. The predicted molar refractivity (Wildman–Crippen MR) is 84.5 cm³/mol. The zero-order chi connectivity index (χ0) is 16.8. The summed E-state index contributed by atoms with van der Waals surface area (Å²) in [5.74, 6) is -0.0573. The van der Waals surface area contributed by atoms with Crippen LogP contribution in [0.2, 0.25) is 0 Å². The number of H-pyrrole nitrogens is 2. The number of likely N-dealkylation sites (tertiary alicyclic amines) is 1. The summed E-state index contributed by atoms with van der Waals surface area (Å²) < 4.78 is 27.5. The SMILES string of the molecule is CC(C)N1CC(NS(=O)(=O)c2ccc3[nH]c(=O)[nH]c3c2)CC1=O. The third kappa shape index (κ3) is 3.02. The molecule has 1 aromatic heterocycles. The Kier molecular flexibility index (Phi) is 3.77. The van der Waals surface area contributed by atoms with Gasteiger partial charge in [-0.3, -0.25) is 4.79 Å². The molecule has 124 valence electrons. The molecule has 1 fully saturated rings. The van der Waals surface area contributed by atoms with Crippen LogP contribution in [0.3, 0.4) is 0 Å². The van der Waals surface area contributed by atoms with Crippen LogP contribution in [0.1, 0.15) is 20.3 Å². The normalized spacial score (nSPS) is 19.2. The Morgan fingerprint density at radius 3 is 2.57 bits per heavy atom. The molecule has 0 spiro atoms. The Morgan fingerprint density at radius 1 is 1.22 bits per heavy atom. The molecule has 1 amide bonds. The molecule has 1 aromatic carbocycles. The molecule has 0 aliphatic carbocycles. The lowest BCUT2D eigenvalue weighted by molar-refractivity contribution is -0.129. The maximum Gasteiger partial charge on any atom is 0.323 e. The number of rotatable bonds is 4. The number of carbonyl (C=O) groups excluding carboxylic acids is 1. The van der Waals surface area contributed by atoms with E-state index in [-0.39, 0.29) is 23.3 Å². The van der Waals surface area contributed by atoms with E-state index in [1.165, 1.54) is 18.2 Å². The van der Waals surface area contributed by atoms with Crippen LogP contribution in [0.25, 0.3) is 11.0 Å². The molecule has 1 unspecified atom stereocenters. The van der Waals surface area contributed by atoms with Gasteiger partial charge < -0.3 is 14.9 Å². The minimum absolute atomic E-state index is 0.0401. The van der Waals surface area contributed by atoms with Gasteiger partial charge in [0.15, 0.2) is 0 Å². The van der Waals surface area contributed by atoms with Crippen molar-refractivity contribution in [3.63, 3.8) is 0 Å². The number of hydrogen-bond donors (Lipinski definition) is 3. The zero-order valence-electron chi connectivity index (χ0n) is 12.8. The van der Waals surface area contributed by atoms with E-state index in [9.17, 15) is 18.0 Å². The van der Waals surface area contributed by atoms with Crippen molar-refractivity contribution >= 4 is 27.0 Å². The maximum atomic E-state index is 12.5. The molecular weight excluding hydrogens is 320 g/mol. The molecule has 1 atom stereocenters. The highest BCUT2D eigenvalue weighted by Crippen LogP contribution is 2.19. The summed E-state index contributed by atoms with van der Waals surface area (Å²) in [5.41, 5.74) is 0.566. The van der Waals surface area contributed by atoms with Crippen molar-refractivity contribution in [2.45, 2.75) is 37.2 Å². The number of sulfonamides is 1. The van der Waals surface area contributed by atoms with Crippen LogP contribution < -0.4 is 10.4 Å². The van der Waals surface area contributed by atoms with E-state index in [2.05, 4.69) is 14.7 Å². The van der Waals surface area contributed by atoms with Crippen molar-refractivity contribution in [2.75, 3.05) is 6.54 Å². The van der Waals surface area contributed by atoms with E-state index < -0.39 is 21.8 Å². The molecule has 3 N–H and O–H groups in total. The lowest BCUT2D eigenvalue weighted by Crippen LogP contribution is -2.38. The summed E-state index contributed by atoms with van der Waals surface area (Å²) in [6.07, 6.45) is 0.153. The van der Waals surface area contributed by atoms with E-state index in [4.69, 9.17) is 0 Å². The van der Waals surface area contributed by atoms with E-state index in [1.54, 1.807) is 4.90 Å². The van der Waals surface area contributed by atoms with Crippen LogP contribution in [0, 0.1) is 0 Å². The number of nitrogens with zero attached hydrogens (tertiary/aromatic N) is 1. The fourth-order valence-electron chi connectivity index (χ4n) is 2.78. The standard InChI is InChI=1S/C14H18N4O4S/c1-8(2)18-7-9(5-13(18)19)17-23(21,22)10-3-4-11-12(6-10)16-14(20)15-11/h3-4,6,8-9,17H,5,7H2,1-2H3,(H2,15,16,20). The Bertz CT molecular complexity index is 912. The molecule has 3 rings (SSSR count). The minimum atomic E-state index is -3.76. The summed E-state index contributed by atoms with van der Waals surface area (Å²) >= 11 is 0. The monoisotopic (exact) mass is 338 g/mol. The zero-order valence-corrected chi connectivity index (χ0v) is 13.6. The Labute approximate surface area is 132 Å². The van der Waals surface area contributed by atoms with Gasteiger partial charge in [-0.25, -0.2) is 17.9 Å². The first-order valence-corrected chi connectivity index (χ1v) is 8.78. The third-order valence-corrected chi connectivity index (χ3v) is 5.42. The lowest BCUT2D eigenvalue weighted by atomic mass is 10.3. The van der Waals surface area contributed by atoms with Crippen LogP contribution in [0.4, 0.5) is 0 Å². The second-order valence-electron chi connectivity index (χ2n) is 5.95. The first-order chi connectivity index (χ1) is 10.8. The average molecular weight is 338 g/mol. The number of amides is 1. The van der Waals surface area contributed by atoms with E-state index in [0.29, 0.717) is 17.6 Å². The second-order valence-corrected chi connectivity index (χ2v) is 7.66. The van der Waals surface area contributed by atoms with Gasteiger partial charge in [-0.05, 0) is 32.0 Å². The van der Waals surface area contributed by atoms with Crippen LogP contribution in [-0.2, 0) is 14.8 Å². The van der Waals surface area contributed by atoms with E-state index in [0.717, 1.165) is 0 Å². The lowest BCUT2D eigenvalue weighted by Gasteiger charge is -2.21. The van der Waals surface area contributed by atoms with Crippen molar-refractivity contribution in [1.82, 2.24) is 19.6 Å². The molecule has 2 heterocycles. The van der Waals surface area contributed by atoms with Gasteiger partial charge in [0.2, 0.25) is 15.9 Å². The number of imidazole rings is 1. The number of benzene rings is 1. The summed E-state index contributed by atoms with van der Waals surface area (Å²) in [7, 11) is -3.76. The molecule has 8 nitrogen and oxygen atoms in total. The third-order valence-electron chi connectivity index (χ3n) is 3.90. The molecule has 0 bridgehead atoms. The van der Waals surface area contributed by atoms with Crippen molar-refractivity contribution in [1.29, 1.82) is 0 Å². The van der Waals surface area contributed by atoms with Gasteiger partial charge in [0, 0.05) is 25.0 Å².